The zero-order valence-electron chi connectivity index (χ0n) is 15.5. The van der Waals surface area contributed by atoms with Crippen LogP contribution < -0.4 is 15.5 Å². The van der Waals surface area contributed by atoms with E-state index >= 15 is 0 Å². The Morgan fingerprint density at radius 2 is 1.88 bits per heavy atom. The summed E-state index contributed by atoms with van der Waals surface area (Å²) in [5.41, 5.74) is 2.05. The zero-order valence-corrected chi connectivity index (χ0v) is 15.5. The van der Waals surface area contributed by atoms with E-state index in [1.807, 2.05) is 39.0 Å². The Bertz CT molecular complexity index is 767. The predicted octanol–water partition coefficient (Wildman–Crippen LogP) is 2.59. The Hall–Kier alpha value is -2.67. The highest BCUT2D eigenvalue weighted by Gasteiger charge is 2.18. The van der Waals surface area contributed by atoms with Crippen molar-refractivity contribution in [3.63, 3.8) is 0 Å². The van der Waals surface area contributed by atoms with Gasteiger partial charge in [0.15, 0.2) is 0 Å². The summed E-state index contributed by atoms with van der Waals surface area (Å²) in [6.45, 7) is 8.94. The SMILES string of the molecule is CC(C)(C)NC(=O)c1cc(Nc2ccccc2N2CCOCC2)ncn1. The first-order chi connectivity index (χ1) is 12.4. The highest BCUT2D eigenvalue weighted by atomic mass is 16.5. The molecule has 1 amide bonds. The average molecular weight is 355 g/mol. The van der Waals surface area contributed by atoms with Crippen LogP contribution in [-0.4, -0.2) is 47.7 Å². The topological polar surface area (TPSA) is 79.4 Å². The van der Waals surface area contributed by atoms with E-state index < -0.39 is 0 Å². The second kappa shape index (κ2) is 7.70. The lowest BCUT2D eigenvalue weighted by molar-refractivity contribution is 0.0914. The van der Waals surface area contributed by atoms with Crippen molar-refractivity contribution in [3.8, 4) is 0 Å². The van der Waals surface area contributed by atoms with Gasteiger partial charge in [0.1, 0.15) is 17.8 Å². The molecule has 1 aromatic carbocycles. The Morgan fingerprint density at radius 3 is 2.62 bits per heavy atom. The van der Waals surface area contributed by atoms with Gasteiger partial charge in [-0.15, -0.1) is 0 Å². The van der Waals surface area contributed by atoms with E-state index in [4.69, 9.17) is 4.74 Å². The number of carbonyl (C=O) groups excluding carboxylic acids is 1. The number of hydrogen-bond acceptors (Lipinski definition) is 6. The van der Waals surface area contributed by atoms with Crippen LogP contribution in [0.4, 0.5) is 17.2 Å². The lowest BCUT2D eigenvalue weighted by Gasteiger charge is -2.30. The molecule has 7 heteroatoms. The van der Waals surface area contributed by atoms with Gasteiger partial charge in [0, 0.05) is 24.7 Å². The summed E-state index contributed by atoms with van der Waals surface area (Å²) in [7, 11) is 0. The quantitative estimate of drug-likeness (QED) is 0.878. The van der Waals surface area contributed by atoms with Crippen LogP contribution in [0.3, 0.4) is 0 Å². The molecule has 2 N–H and O–H groups in total. The molecule has 0 spiro atoms. The summed E-state index contributed by atoms with van der Waals surface area (Å²) in [5.74, 6) is 0.365. The van der Waals surface area contributed by atoms with Crippen molar-refractivity contribution >= 4 is 23.1 Å². The van der Waals surface area contributed by atoms with Crippen molar-refractivity contribution in [1.82, 2.24) is 15.3 Å². The van der Waals surface area contributed by atoms with E-state index in [-0.39, 0.29) is 11.4 Å². The first-order valence-electron chi connectivity index (χ1n) is 8.76. The molecule has 0 saturated carbocycles. The maximum Gasteiger partial charge on any atom is 0.270 e. The van der Waals surface area contributed by atoms with Crippen LogP contribution >= 0.6 is 0 Å². The first-order valence-corrected chi connectivity index (χ1v) is 8.76. The number of para-hydroxylation sites is 2. The number of carbonyl (C=O) groups is 1. The second-order valence-electron chi connectivity index (χ2n) is 7.23. The van der Waals surface area contributed by atoms with Gasteiger partial charge in [0.25, 0.3) is 5.91 Å². The van der Waals surface area contributed by atoms with E-state index in [1.54, 1.807) is 6.07 Å². The Labute approximate surface area is 153 Å². The number of amides is 1. The van der Waals surface area contributed by atoms with Crippen LogP contribution in [-0.2, 0) is 4.74 Å². The van der Waals surface area contributed by atoms with E-state index in [0.717, 1.165) is 37.7 Å². The van der Waals surface area contributed by atoms with Crippen LogP contribution in [0.1, 0.15) is 31.3 Å². The van der Waals surface area contributed by atoms with Crippen LogP contribution in [0.25, 0.3) is 0 Å². The number of nitrogens with zero attached hydrogens (tertiary/aromatic N) is 3. The summed E-state index contributed by atoms with van der Waals surface area (Å²) in [5, 5.41) is 6.22. The van der Waals surface area contributed by atoms with Crippen molar-refractivity contribution < 1.29 is 9.53 Å². The molecule has 0 bridgehead atoms. The molecule has 0 radical (unpaired) electrons. The molecular formula is C19H25N5O2. The Morgan fingerprint density at radius 1 is 1.15 bits per heavy atom. The van der Waals surface area contributed by atoms with Gasteiger partial charge in [-0.2, -0.15) is 0 Å². The Kier molecular flexibility index (Phi) is 5.37. The number of hydrogen-bond donors (Lipinski definition) is 2. The third-order valence-corrected chi connectivity index (χ3v) is 3.91. The van der Waals surface area contributed by atoms with E-state index in [9.17, 15) is 4.79 Å². The van der Waals surface area contributed by atoms with Gasteiger partial charge in [-0.3, -0.25) is 4.79 Å². The standard InChI is InChI=1S/C19H25N5O2/c1-19(2,3)23-18(25)15-12-17(21-13-20-15)22-14-6-4-5-7-16(14)24-8-10-26-11-9-24/h4-7,12-13H,8-11H2,1-3H3,(H,23,25)(H,20,21,22). The molecule has 1 aliphatic rings. The van der Waals surface area contributed by atoms with Crippen molar-refractivity contribution in [2.75, 3.05) is 36.5 Å². The molecule has 1 aliphatic heterocycles. The van der Waals surface area contributed by atoms with Gasteiger partial charge in [0.2, 0.25) is 0 Å². The maximum atomic E-state index is 12.3. The van der Waals surface area contributed by atoms with Crippen molar-refractivity contribution in [1.29, 1.82) is 0 Å². The van der Waals surface area contributed by atoms with Crippen molar-refractivity contribution in [3.05, 3.63) is 42.4 Å². The molecule has 7 nitrogen and oxygen atoms in total. The molecule has 1 fully saturated rings. The number of anilines is 3. The molecule has 0 unspecified atom stereocenters. The van der Waals surface area contributed by atoms with Crippen LogP contribution in [0.15, 0.2) is 36.7 Å². The Balaban J connectivity index is 1.79. The normalized spacial score (nSPS) is 14.8. The van der Waals surface area contributed by atoms with Gasteiger partial charge >= 0.3 is 0 Å². The molecule has 138 valence electrons. The minimum atomic E-state index is -0.321. The number of benzene rings is 1. The summed E-state index contributed by atoms with van der Waals surface area (Å²) >= 11 is 0. The molecule has 3 rings (SSSR count). The minimum absolute atomic E-state index is 0.218. The maximum absolute atomic E-state index is 12.3. The zero-order chi connectivity index (χ0) is 18.6. The van der Waals surface area contributed by atoms with Crippen molar-refractivity contribution in [2.45, 2.75) is 26.3 Å². The number of nitrogens with one attached hydrogen (secondary N) is 2. The molecule has 1 saturated heterocycles. The number of aromatic nitrogens is 2. The van der Waals surface area contributed by atoms with E-state index in [2.05, 4.69) is 31.6 Å². The minimum Gasteiger partial charge on any atom is -0.378 e. The number of ether oxygens (including phenoxy) is 1. The third kappa shape index (κ3) is 4.70. The van der Waals surface area contributed by atoms with Crippen LogP contribution in [0, 0.1) is 0 Å². The highest BCUT2D eigenvalue weighted by Crippen LogP contribution is 2.28. The molecular weight excluding hydrogens is 330 g/mol. The monoisotopic (exact) mass is 355 g/mol. The molecule has 0 aliphatic carbocycles. The summed E-state index contributed by atoms with van der Waals surface area (Å²) in [6.07, 6.45) is 1.40. The lowest BCUT2D eigenvalue weighted by Crippen LogP contribution is -2.40. The second-order valence-corrected chi connectivity index (χ2v) is 7.23. The van der Waals surface area contributed by atoms with E-state index in [0.29, 0.717) is 11.5 Å². The summed E-state index contributed by atoms with van der Waals surface area (Å²) < 4.78 is 5.43. The first kappa shape index (κ1) is 18.1. The summed E-state index contributed by atoms with van der Waals surface area (Å²) in [4.78, 5) is 22.9. The average Bonchev–Trinajstić information content (AvgIpc) is 2.62. The number of rotatable bonds is 4. The van der Waals surface area contributed by atoms with Gasteiger partial charge < -0.3 is 20.3 Å². The fourth-order valence-corrected chi connectivity index (χ4v) is 2.75. The molecule has 0 atom stereocenters. The van der Waals surface area contributed by atoms with Gasteiger partial charge in [-0.05, 0) is 32.9 Å². The van der Waals surface area contributed by atoms with E-state index in [1.165, 1.54) is 6.33 Å². The summed E-state index contributed by atoms with van der Waals surface area (Å²) in [6, 6.07) is 9.72. The van der Waals surface area contributed by atoms with Crippen molar-refractivity contribution in [2.24, 2.45) is 0 Å². The molecule has 2 aromatic rings. The van der Waals surface area contributed by atoms with Gasteiger partial charge in [0.05, 0.1) is 24.6 Å². The lowest BCUT2D eigenvalue weighted by atomic mass is 10.1. The fraction of sp³-hybridized carbons (Fsp3) is 0.421. The molecule has 26 heavy (non-hydrogen) atoms. The smallest absolute Gasteiger partial charge is 0.270 e. The van der Waals surface area contributed by atoms with Crippen LogP contribution in [0.5, 0.6) is 0 Å². The fourth-order valence-electron chi connectivity index (χ4n) is 2.75. The third-order valence-electron chi connectivity index (χ3n) is 3.91. The van der Waals surface area contributed by atoms with Crippen LogP contribution in [0.2, 0.25) is 0 Å². The van der Waals surface area contributed by atoms with Gasteiger partial charge in [-0.1, -0.05) is 12.1 Å². The molecule has 1 aromatic heterocycles. The highest BCUT2D eigenvalue weighted by molar-refractivity contribution is 5.93. The largest absolute Gasteiger partial charge is 0.378 e. The van der Waals surface area contributed by atoms with Gasteiger partial charge in [-0.25, -0.2) is 9.97 Å². The predicted molar refractivity (Wildman–Crippen MR) is 102 cm³/mol. The number of morpholine rings is 1. The molecule has 2 heterocycles.